The number of nitrogens with one attached hydrogen (secondary N) is 1. The fourth-order valence-electron chi connectivity index (χ4n) is 4.08. The topological polar surface area (TPSA) is 58.6 Å². The molecule has 2 aromatic rings. The first kappa shape index (κ1) is 24.3. The first-order chi connectivity index (χ1) is 15.2. The number of rotatable bonds is 7. The number of ether oxygens (including phenoxy) is 1. The van der Waals surface area contributed by atoms with Crippen molar-refractivity contribution in [1.29, 1.82) is 0 Å². The average molecular weight is 457 g/mol. The molecular formula is C26H36N2O3S. The third kappa shape index (κ3) is 7.09. The zero-order valence-corrected chi connectivity index (χ0v) is 20.5. The van der Waals surface area contributed by atoms with E-state index in [-0.39, 0.29) is 18.0 Å². The molecule has 1 aromatic heterocycles. The highest BCUT2D eigenvalue weighted by Gasteiger charge is 2.29. The second kappa shape index (κ2) is 11.0. The van der Waals surface area contributed by atoms with Crippen LogP contribution in [0.1, 0.15) is 79.5 Å². The second-order valence-corrected chi connectivity index (χ2v) is 10.8. The monoisotopic (exact) mass is 456 g/mol. The highest BCUT2D eigenvalue weighted by Crippen LogP contribution is 2.30. The highest BCUT2D eigenvalue weighted by atomic mass is 32.1. The molecule has 1 atom stereocenters. The molecule has 1 N–H and O–H groups in total. The summed E-state index contributed by atoms with van der Waals surface area (Å²) in [6.45, 7) is 9.22. The largest absolute Gasteiger partial charge is 0.444 e. The fourth-order valence-corrected chi connectivity index (χ4v) is 5.10. The van der Waals surface area contributed by atoms with Crippen LogP contribution in [-0.2, 0) is 11.2 Å². The van der Waals surface area contributed by atoms with Crippen molar-refractivity contribution in [2.45, 2.75) is 71.4 Å². The maximum atomic E-state index is 13.0. The molecule has 1 unspecified atom stereocenters. The van der Waals surface area contributed by atoms with Gasteiger partial charge in [0.1, 0.15) is 5.60 Å². The number of amides is 2. The molecule has 2 amide bonds. The van der Waals surface area contributed by atoms with E-state index in [4.69, 9.17) is 4.74 Å². The van der Waals surface area contributed by atoms with Crippen LogP contribution in [0.5, 0.6) is 0 Å². The summed E-state index contributed by atoms with van der Waals surface area (Å²) in [6, 6.07) is 14.2. The van der Waals surface area contributed by atoms with Crippen molar-refractivity contribution in [2.75, 3.05) is 13.1 Å². The SMILES string of the molecule is CCCc1ccc(C(=O)NC(CC2CCN(C(=O)OC(C)(C)C)CC2)c2ccccc2)s1. The third-order valence-electron chi connectivity index (χ3n) is 5.72. The van der Waals surface area contributed by atoms with E-state index in [2.05, 4.69) is 30.4 Å². The molecule has 5 nitrogen and oxygen atoms in total. The molecule has 1 fully saturated rings. The molecule has 1 aromatic carbocycles. The van der Waals surface area contributed by atoms with Crippen LogP contribution >= 0.6 is 11.3 Å². The van der Waals surface area contributed by atoms with Gasteiger partial charge in [0.15, 0.2) is 0 Å². The van der Waals surface area contributed by atoms with Gasteiger partial charge in [-0.1, -0.05) is 43.7 Å². The van der Waals surface area contributed by atoms with Crippen molar-refractivity contribution in [3.63, 3.8) is 0 Å². The molecular weight excluding hydrogens is 420 g/mol. The Morgan fingerprint density at radius 2 is 1.81 bits per heavy atom. The van der Waals surface area contributed by atoms with E-state index in [1.807, 2.05) is 45.0 Å². The first-order valence-electron chi connectivity index (χ1n) is 11.7. The minimum atomic E-state index is -0.477. The van der Waals surface area contributed by atoms with Crippen molar-refractivity contribution >= 4 is 23.3 Å². The molecule has 174 valence electrons. The van der Waals surface area contributed by atoms with E-state index in [9.17, 15) is 9.59 Å². The maximum Gasteiger partial charge on any atom is 0.410 e. The van der Waals surface area contributed by atoms with Gasteiger partial charge in [-0.2, -0.15) is 0 Å². The molecule has 2 heterocycles. The van der Waals surface area contributed by atoms with E-state index in [1.165, 1.54) is 4.88 Å². The second-order valence-electron chi connectivity index (χ2n) is 9.60. The molecule has 3 rings (SSSR count). The summed E-state index contributed by atoms with van der Waals surface area (Å²) in [7, 11) is 0. The van der Waals surface area contributed by atoms with E-state index in [1.54, 1.807) is 16.2 Å². The number of thiophene rings is 1. The summed E-state index contributed by atoms with van der Waals surface area (Å²) in [5.74, 6) is 0.440. The molecule has 0 saturated carbocycles. The predicted molar refractivity (Wildman–Crippen MR) is 130 cm³/mol. The molecule has 0 radical (unpaired) electrons. The van der Waals surface area contributed by atoms with Gasteiger partial charge in [0.25, 0.3) is 5.91 Å². The van der Waals surface area contributed by atoms with Gasteiger partial charge in [0, 0.05) is 18.0 Å². The zero-order valence-electron chi connectivity index (χ0n) is 19.7. The Hall–Kier alpha value is -2.34. The van der Waals surface area contributed by atoms with Crippen molar-refractivity contribution in [1.82, 2.24) is 10.2 Å². The Morgan fingerprint density at radius 3 is 2.44 bits per heavy atom. The van der Waals surface area contributed by atoms with E-state index in [0.717, 1.165) is 42.5 Å². The number of carbonyl (C=O) groups is 2. The van der Waals surface area contributed by atoms with Crippen LogP contribution in [0.25, 0.3) is 0 Å². The summed E-state index contributed by atoms with van der Waals surface area (Å²) in [5, 5.41) is 3.28. The number of aryl methyl sites for hydroxylation is 1. The lowest BCUT2D eigenvalue weighted by atomic mass is 9.87. The number of likely N-dealkylation sites (tertiary alicyclic amines) is 1. The van der Waals surface area contributed by atoms with Crippen molar-refractivity contribution in [2.24, 2.45) is 5.92 Å². The molecule has 1 aliphatic heterocycles. The lowest BCUT2D eigenvalue weighted by Crippen LogP contribution is -2.42. The van der Waals surface area contributed by atoms with E-state index < -0.39 is 5.60 Å². The summed E-state index contributed by atoms with van der Waals surface area (Å²) < 4.78 is 5.51. The molecule has 1 saturated heterocycles. The highest BCUT2D eigenvalue weighted by molar-refractivity contribution is 7.14. The summed E-state index contributed by atoms with van der Waals surface area (Å²) in [4.78, 5) is 29.2. The standard InChI is InChI=1S/C26H36N2O3S/c1-5-9-21-12-13-23(32-21)24(29)27-22(20-10-7-6-8-11-20)18-19-14-16-28(17-15-19)25(30)31-26(2,3)4/h6-8,10-13,19,22H,5,9,14-18H2,1-4H3,(H,27,29). The van der Waals surface area contributed by atoms with Gasteiger partial charge in [-0.15, -0.1) is 11.3 Å². The van der Waals surface area contributed by atoms with Crippen LogP contribution in [0.2, 0.25) is 0 Å². The minimum absolute atomic E-state index is 0.00241. The molecule has 6 heteroatoms. The van der Waals surface area contributed by atoms with E-state index in [0.29, 0.717) is 19.0 Å². The fraction of sp³-hybridized carbons (Fsp3) is 0.538. The first-order valence-corrected chi connectivity index (χ1v) is 12.5. The van der Waals surface area contributed by atoms with Crippen molar-refractivity contribution in [3.05, 3.63) is 57.8 Å². The summed E-state index contributed by atoms with van der Waals surface area (Å²) in [6.07, 6.45) is 4.55. The third-order valence-corrected chi connectivity index (χ3v) is 6.87. The number of benzene rings is 1. The Balaban J connectivity index is 1.62. The molecule has 0 spiro atoms. The van der Waals surface area contributed by atoms with Gasteiger partial charge < -0.3 is 15.0 Å². The van der Waals surface area contributed by atoms with Gasteiger partial charge in [-0.25, -0.2) is 4.79 Å². The van der Waals surface area contributed by atoms with Gasteiger partial charge in [-0.05, 0) is 70.1 Å². The Morgan fingerprint density at radius 1 is 1.12 bits per heavy atom. The van der Waals surface area contributed by atoms with E-state index >= 15 is 0 Å². The van der Waals surface area contributed by atoms with Gasteiger partial charge >= 0.3 is 6.09 Å². The van der Waals surface area contributed by atoms with Crippen LogP contribution in [0, 0.1) is 5.92 Å². The lowest BCUT2D eigenvalue weighted by molar-refractivity contribution is 0.0178. The smallest absolute Gasteiger partial charge is 0.410 e. The van der Waals surface area contributed by atoms with Crippen molar-refractivity contribution < 1.29 is 14.3 Å². The van der Waals surface area contributed by atoms with Crippen LogP contribution in [-0.4, -0.2) is 35.6 Å². The molecule has 1 aliphatic rings. The van der Waals surface area contributed by atoms with Gasteiger partial charge in [0.2, 0.25) is 0 Å². The normalized spacial score (nSPS) is 15.9. The quantitative estimate of drug-likeness (QED) is 0.539. The number of carbonyl (C=O) groups excluding carboxylic acids is 2. The number of piperidine rings is 1. The van der Waals surface area contributed by atoms with Crippen LogP contribution in [0.15, 0.2) is 42.5 Å². The van der Waals surface area contributed by atoms with Crippen LogP contribution in [0.3, 0.4) is 0 Å². The minimum Gasteiger partial charge on any atom is -0.444 e. The maximum absolute atomic E-state index is 13.0. The van der Waals surface area contributed by atoms with Crippen LogP contribution < -0.4 is 5.32 Å². The number of hydrogen-bond acceptors (Lipinski definition) is 4. The van der Waals surface area contributed by atoms with Gasteiger partial charge in [-0.3, -0.25) is 4.79 Å². The number of hydrogen-bond donors (Lipinski definition) is 1. The molecule has 32 heavy (non-hydrogen) atoms. The zero-order chi connectivity index (χ0) is 23.1. The Labute approximate surface area is 196 Å². The molecule has 0 bridgehead atoms. The Bertz CT molecular complexity index is 880. The van der Waals surface area contributed by atoms with Crippen LogP contribution in [0.4, 0.5) is 4.79 Å². The Kier molecular flexibility index (Phi) is 8.35. The molecule has 0 aliphatic carbocycles. The average Bonchev–Trinajstić information content (AvgIpc) is 3.22. The number of nitrogens with zero attached hydrogens (tertiary/aromatic N) is 1. The predicted octanol–water partition coefficient (Wildman–Crippen LogP) is 6.21. The lowest BCUT2D eigenvalue weighted by Gasteiger charge is -2.35. The van der Waals surface area contributed by atoms with Crippen molar-refractivity contribution in [3.8, 4) is 0 Å². The van der Waals surface area contributed by atoms with Gasteiger partial charge in [0.05, 0.1) is 10.9 Å². The summed E-state index contributed by atoms with van der Waals surface area (Å²) >= 11 is 1.59. The summed E-state index contributed by atoms with van der Waals surface area (Å²) in [5.41, 5.74) is 0.649.